The van der Waals surface area contributed by atoms with E-state index in [4.69, 9.17) is 0 Å². The summed E-state index contributed by atoms with van der Waals surface area (Å²) < 4.78 is 0. The highest BCUT2D eigenvalue weighted by Crippen LogP contribution is 2.21. The molecule has 2 aromatic rings. The molecular weight excluding hydrogens is 254 g/mol. The first-order valence-corrected chi connectivity index (χ1v) is 7.33. The molecule has 0 saturated carbocycles. The van der Waals surface area contributed by atoms with Crippen LogP contribution >= 0.6 is 11.8 Å². The Kier molecular flexibility index (Phi) is 4.93. The third kappa shape index (κ3) is 4.33. The summed E-state index contributed by atoms with van der Waals surface area (Å²) in [6.07, 6.45) is 0. The lowest BCUT2D eigenvalue weighted by molar-refractivity contribution is 0.773. The summed E-state index contributed by atoms with van der Waals surface area (Å²) in [4.78, 5) is 10.3. The molecule has 0 bridgehead atoms. The van der Waals surface area contributed by atoms with Crippen LogP contribution in [0.25, 0.3) is 0 Å². The van der Waals surface area contributed by atoms with Crippen LogP contribution < -0.4 is 5.32 Å². The summed E-state index contributed by atoms with van der Waals surface area (Å²) in [7, 11) is 1.93. The van der Waals surface area contributed by atoms with Crippen molar-refractivity contribution in [1.29, 1.82) is 0 Å². The van der Waals surface area contributed by atoms with E-state index in [0.29, 0.717) is 0 Å². The van der Waals surface area contributed by atoms with Gasteiger partial charge in [0.1, 0.15) is 5.82 Å². The molecule has 100 valence electrons. The molecule has 4 heteroatoms. The molecule has 0 unspecified atom stereocenters. The van der Waals surface area contributed by atoms with E-state index in [9.17, 15) is 0 Å². The zero-order valence-electron chi connectivity index (χ0n) is 11.6. The van der Waals surface area contributed by atoms with Crippen molar-refractivity contribution in [2.75, 3.05) is 7.05 Å². The highest BCUT2D eigenvalue weighted by Gasteiger charge is 2.03. The third-order valence-electron chi connectivity index (χ3n) is 2.70. The van der Waals surface area contributed by atoms with Gasteiger partial charge in [0, 0.05) is 17.1 Å². The van der Waals surface area contributed by atoms with E-state index in [2.05, 4.69) is 46.5 Å². The summed E-state index contributed by atoms with van der Waals surface area (Å²) in [6, 6.07) is 10.6. The first-order valence-electron chi connectivity index (χ1n) is 6.35. The second-order valence-electron chi connectivity index (χ2n) is 4.55. The molecule has 3 nitrogen and oxygen atoms in total. The number of nitrogens with one attached hydrogen (secondary N) is 1. The van der Waals surface area contributed by atoms with Crippen LogP contribution in [0.1, 0.15) is 22.8 Å². The number of aryl methyl sites for hydroxylation is 2. The fourth-order valence-corrected chi connectivity index (χ4v) is 2.57. The molecule has 0 saturated heterocycles. The molecular formula is C15H19N3S. The van der Waals surface area contributed by atoms with Crippen molar-refractivity contribution in [3.63, 3.8) is 0 Å². The highest BCUT2D eigenvalue weighted by atomic mass is 32.2. The van der Waals surface area contributed by atoms with Gasteiger partial charge < -0.3 is 5.32 Å². The van der Waals surface area contributed by atoms with Crippen LogP contribution in [0.2, 0.25) is 0 Å². The van der Waals surface area contributed by atoms with Gasteiger partial charge in [-0.2, -0.15) is 0 Å². The second kappa shape index (κ2) is 6.68. The Morgan fingerprint density at radius 1 is 1.11 bits per heavy atom. The third-order valence-corrected chi connectivity index (χ3v) is 3.71. The summed E-state index contributed by atoms with van der Waals surface area (Å²) in [6.45, 7) is 4.90. The average molecular weight is 273 g/mol. The normalized spacial score (nSPS) is 10.7. The van der Waals surface area contributed by atoms with Crippen molar-refractivity contribution in [3.05, 3.63) is 53.1 Å². The smallest absolute Gasteiger partial charge is 0.139 e. The minimum absolute atomic E-state index is 0.783. The van der Waals surface area contributed by atoms with Gasteiger partial charge in [0.05, 0.1) is 11.4 Å². The van der Waals surface area contributed by atoms with Crippen molar-refractivity contribution in [2.45, 2.75) is 31.0 Å². The molecule has 2 rings (SSSR count). The van der Waals surface area contributed by atoms with E-state index in [1.165, 1.54) is 10.5 Å². The van der Waals surface area contributed by atoms with Gasteiger partial charge >= 0.3 is 0 Å². The van der Waals surface area contributed by atoms with Crippen molar-refractivity contribution in [2.24, 2.45) is 0 Å². The molecule has 1 aromatic carbocycles. The number of hydrogen-bond donors (Lipinski definition) is 1. The number of benzene rings is 1. The Hall–Kier alpha value is -1.39. The minimum atomic E-state index is 0.783. The molecule has 0 atom stereocenters. The van der Waals surface area contributed by atoms with Crippen molar-refractivity contribution in [1.82, 2.24) is 15.3 Å². The van der Waals surface area contributed by atoms with Crippen LogP contribution in [0, 0.1) is 13.8 Å². The fraction of sp³-hybridized carbons (Fsp3) is 0.333. The lowest BCUT2D eigenvalue weighted by atomic mass is 10.2. The summed E-state index contributed by atoms with van der Waals surface area (Å²) in [5.74, 6) is 1.71. The lowest BCUT2D eigenvalue weighted by Crippen LogP contribution is -2.09. The van der Waals surface area contributed by atoms with Crippen LogP contribution in [-0.2, 0) is 12.3 Å². The Bertz CT molecular complexity index is 538. The van der Waals surface area contributed by atoms with Gasteiger partial charge in [-0.1, -0.05) is 17.7 Å². The zero-order chi connectivity index (χ0) is 13.7. The fourth-order valence-electron chi connectivity index (χ4n) is 1.82. The maximum Gasteiger partial charge on any atom is 0.139 e. The molecule has 1 heterocycles. The van der Waals surface area contributed by atoms with E-state index >= 15 is 0 Å². The summed E-state index contributed by atoms with van der Waals surface area (Å²) in [5, 5.41) is 3.12. The van der Waals surface area contributed by atoms with Gasteiger partial charge in [-0.25, -0.2) is 9.97 Å². The van der Waals surface area contributed by atoms with Gasteiger partial charge in [0.15, 0.2) is 0 Å². The number of thioether (sulfide) groups is 1. The largest absolute Gasteiger partial charge is 0.314 e. The van der Waals surface area contributed by atoms with E-state index in [1.54, 1.807) is 11.8 Å². The molecule has 0 aliphatic rings. The van der Waals surface area contributed by atoms with E-state index < -0.39 is 0 Å². The molecule has 0 spiro atoms. The van der Waals surface area contributed by atoms with Crippen LogP contribution in [0.15, 0.2) is 35.2 Å². The summed E-state index contributed by atoms with van der Waals surface area (Å²) in [5.41, 5.74) is 3.36. The maximum atomic E-state index is 4.56. The molecule has 1 aromatic heterocycles. The standard InChI is InChI=1S/C15H19N3S/c1-11-4-6-14(7-5-11)19-10-15-17-12(2)8-13(18-15)9-16-3/h4-8,16H,9-10H2,1-3H3. The quantitative estimate of drug-likeness (QED) is 0.850. The van der Waals surface area contributed by atoms with Gasteiger partial charge in [-0.3, -0.25) is 0 Å². The molecule has 0 radical (unpaired) electrons. The first-order chi connectivity index (χ1) is 9.17. The highest BCUT2D eigenvalue weighted by molar-refractivity contribution is 7.98. The maximum absolute atomic E-state index is 4.56. The van der Waals surface area contributed by atoms with E-state index in [0.717, 1.165) is 29.5 Å². The van der Waals surface area contributed by atoms with Crippen molar-refractivity contribution >= 4 is 11.8 Å². The number of rotatable bonds is 5. The SMILES string of the molecule is CNCc1cc(C)nc(CSc2ccc(C)cc2)n1. The van der Waals surface area contributed by atoms with E-state index in [-0.39, 0.29) is 0 Å². The zero-order valence-corrected chi connectivity index (χ0v) is 12.4. The average Bonchev–Trinajstić information content (AvgIpc) is 2.38. The molecule has 0 amide bonds. The van der Waals surface area contributed by atoms with Gasteiger partial charge in [-0.05, 0) is 39.1 Å². The van der Waals surface area contributed by atoms with Crippen LogP contribution in [0.4, 0.5) is 0 Å². The van der Waals surface area contributed by atoms with Crippen LogP contribution in [-0.4, -0.2) is 17.0 Å². The molecule has 0 aliphatic heterocycles. The Labute approximate surface area is 118 Å². The minimum Gasteiger partial charge on any atom is -0.314 e. The van der Waals surface area contributed by atoms with Crippen LogP contribution in [0.3, 0.4) is 0 Å². The predicted octanol–water partition coefficient (Wildman–Crippen LogP) is 3.11. The number of aromatic nitrogens is 2. The molecule has 1 N–H and O–H groups in total. The number of nitrogens with zero attached hydrogens (tertiary/aromatic N) is 2. The summed E-state index contributed by atoms with van der Waals surface area (Å²) >= 11 is 1.77. The van der Waals surface area contributed by atoms with Gasteiger partial charge in [0.2, 0.25) is 0 Å². The first kappa shape index (κ1) is 14.0. The topological polar surface area (TPSA) is 37.8 Å². The Morgan fingerprint density at radius 3 is 2.53 bits per heavy atom. The van der Waals surface area contributed by atoms with Crippen LogP contribution in [0.5, 0.6) is 0 Å². The van der Waals surface area contributed by atoms with Gasteiger partial charge in [0.25, 0.3) is 0 Å². The number of hydrogen-bond acceptors (Lipinski definition) is 4. The van der Waals surface area contributed by atoms with Crippen molar-refractivity contribution < 1.29 is 0 Å². The molecule has 0 aliphatic carbocycles. The Balaban J connectivity index is 2.04. The van der Waals surface area contributed by atoms with E-state index in [1.807, 2.05) is 20.0 Å². The van der Waals surface area contributed by atoms with Crippen molar-refractivity contribution in [3.8, 4) is 0 Å². The predicted molar refractivity (Wildman–Crippen MR) is 80.3 cm³/mol. The monoisotopic (exact) mass is 273 g/mol. The molecule has 19 heavy (non-hydrogen) atoms. The second-order valence-corrected chi connectivity index (χ2v) is 5.60. The lowest BCUT2D eigenvalue weighted by Gasteiger charge is -2.06. The van der Waals surface area contributed by atoms with Gasteiger partial charge in [-0.15, -0.1) is 11.8 Å². The Morgan fingerprint density at radius 2 is 1.84 bits per heavy atom. The molecule has 0 fully saturated rings.